The van der Waals surface area contributed by atoms with Gasteiger partial charge in [-0.05, 0) is 37.1 Å². The van der Waals surface area contributed by atoms with Gasteiger partial charge >= 0.3 is 6.09 Å². The molecule has 138 valence electrons. The van der Waals surface area contributed by atoms with E-state index in [1.54, 1.807) is 0 Å². The molecule has 2 aromatic rings. The van der Waals surface area contributed by atoms with Crippen molar-refractivity contribution >= 4 is 22.7 Å². The van der Waals surface area contributed by atoms with Gasteiger partial charge in [0, 0.05) is 49.8 Å². The first-order valence-corrected chi connectivity index (χ1v) is 9.53. The number of aromatic nitrogens is 1. The van der Waals surface area contributed by atoms with E-state index in [0.29, 0.717) is 6.04 Å². The lowest BCUT2D eigenvalue weighted by molar-refractivity contribution is 0.128. The highest BCUT2D eigenvalue weighted by Gasteiger charge is 2.30. The summed E-state index contributed by atoms with van der Waals surface area (Å²) in [6.45, 7) is 3.95. The summed E-state index contributed by atoms with van der Waals surface area (Å²) in [6.07, 6.45) is 5.15. The van der Waals surface area contributed by atoms with Gasteiger partial charge < -0.3 is 15.3 Å². The highest BCUT2D eigenvalue weighted by atomic mass is 16.4. The minimum atomic E-state index is -0.900. The maximum absolute atomic E-state index is 10.9. The van der Waals surface area contributed by atoms with Gasteiger partial charge in [0.05, 0.1) is 0 Å². The van der Waals surface area contributed by atoms with E-state index in [9.17, 15) is 4.79 Å². The van der Waals surface area contributed by atoms with Crippen LogP contribution in [0.15, 0.2) is 36.5 Å². The average molecular weight is 354 g/mol. The van der Waals surface area contributed by atoms with Crippen LogP contribution in [-0.4, -0.2) is 59.3 Å². The normalized spacial score (nSPS) is 24.5. The number of nitrogens with zero attached hydrogens (tertiary/aromatic N) is 3. The van der Waals surface area contributed by atoms with Crippen molar-refractivity contribution in [2.45, 2.75) is 37.8 Å². The number of piperazine rings is 1. The number of carbonyl (C=O) groups is 1. The summed E-state index contributed by atoms with van der Waals surface area (Å²) in [4.78, 5) is 20.5. The fraction of sp³-hybridized carbons (Fsp3) is 0.500. The summed E-state index contributed by atoms with van der Waals surface area (Å²) in [7, 11) is 0. The number of nitrogens with one attached hydrogen (secondary N) is 1. The van der Waals surface area contributed by atoms with Gasteiger partial charge in [0.25, 0.3) is 0 Å². The van der Waals surface area contributed by atoms with Crippen molar-refractivity contribution < 1.29 is 9.90 Å². The van der Waals surface area contributed by atoms with Crippen LogP contribution in [0.2, 0.25) is 0 Å². The number of fused-ring (bicyclic) bond motifs is 1. The molecule has 4 rings (SSSR count). The summed E-state index contributed by atoms with van der Waals surface area (Å²) >= 11 is 0. The molecular formula is C20H26N4O2. The number of benzene rings is 1. The standard InChI is InChI=1S/C20H26N4O2/c25-20(26)22-16-5-3-6-17(14-16)23-10-12-24(13-11-23)19-18-7-2-1-4-15(18)8-9-21-19/h1-2,4,7-9,16-17,22H,3,5-6,10-14H2,(H,25,26). The zero-order valence-electron chi connectivity index (χ0n) is 15.0. The van der Waals surface area contributed by atoms with Gasteiger partial charge in [-0.1, -0.05) is 24.3 Å². The lowest BCUT2D eigenvalue weighted by Gasteiger charge is -2.42. The van der Waals surface area contributed by atoms with Gasteiger partial charge in [-0.2, -0.15) is 0 Å². The molecule has 26 heavy (non-hydrogen) atoms. The van der Waals surface area contributed by atoms with Crippen molar-refractivity contribution in [1.82, 2.24) is 15.2 Å². The molecule has 6 nitrogen and oxygen atoms in total. The van der Waals surface area contributed by atoms with Crippen LogP contribution in [0.1, 0.15) is 25.7 Å². The van der Waals surface area contributed by atoms with Crippen LogP contribution in [0.5, 0.6) is 0 Å². The second kappa shape index (κ2) is 7.50. The molecule has 2 unspecified atom stereocenters. The number of anilines is 1. The van der Waals surface area contributed by atoms with Gasteiger partial charge in [-0.25, -0.2) is 9.78 Å². The molecule has 1 saturated heterocycles. The largest absolute Gasteiger partial charge is 0.465 e. The third kappa shape index (κ3) is 3.60. The molecule has 1 aliphatic carbocycles. The van der Waals surface area contributed by atoms with Crippen molar-refractivity contribution in [3.63, 3.8) is 0 Å². The summed E-state index contributed by atoms with van der Waals surface area (Å²) in [5.41, 5.74) is 0. The van der Waals surface area contributed by atoms with E-state index in [2.05, 4.69) is 50.4 Å². The number of hydrogen-bond donors (Lipinski definition) is 2. The monoisotopic (exact) mass is 354 g/mol. The topological polar surface area (TPSA) is 68.7 Å². The quantitative estimate of drug-likeness (QED) is 0.887. The first-order chi connectivity index (χ1) is 12.7. The van der Waals surface area contributed by atoms with Crippen LogP contribution in [0.4, 0.5) is 10.6 Å². The van der Waals surface area contributed by atoms with E-state index in [1.807, 2.05) is 6.20 Å². The van der Waals surface area contributed by atoms with E-state index >= 15 is 0 Å². The fourth-order valence-electron chi connectivity index (χ4n) is 4.46. The Morgan fingerprint density at radius 1 is 1.12 bits per heavy atom. The number of hydrogen-bond acceptors (Lipinski definition) is 4. The van der Waals surface area contributed by atoms with Crippen molar-refractivity contribution in [3.05, 3.63) is 36.5 Å². The predicted octanol–water partition coefficient (Wildman–Crippen LogP) is 2.94. The lowest BCUT2D eigenvalue weighted by Crippen LogP contribution is -2.53. The molecule has 1 aromatic heterocycles. The Bertz CT molecular complexity index is 768. The molecule has 2 heterocycles. The zero-order chi connectivity index (χ0) is 17.9. The molecule has 0 bridgehead atoms. The van der Waals surface area contributed by atoms with Crippen LogP contribution in [0.3, 0.4) is 0 Å². The second-order valence-corrected chi connectivity index (χ2v) is 7.35. The summed E-state index contributed by atoms with van der Waals surface area (Å²) in [5, 5.41) is 14.1. The third-order valence-corrected chi connectivity index (χ3v) is 5.76. The Morgan fingerprint density at radius 2 is 1.92 bits per heavy atom. The number of pyridine rings is 1. The smallest absolute Gasteiger partial charge is 0.404 e. The molecule has 0 spiro atoms. The Labute approximate surface area is 153 Å². The average Bonchev–Trinajstić information content (AvgIpc) is 2.67. The minimum absolute atomic E-state index is 0.101. The highest BCUT2D eigenvalue weighted by Crippen LogP contribution is 2.28. The van der Waals surface area contributed by atoms with Crippen molar-refractivity contribution in [2.75, 3.05) is 31.1 Å². The van der Waals surface area contributed by atoms with Crippen molar-refractivity contribution in [2.24, 2.45) is 0 Å². The number of amides is 1. The third-order valence-electron chi connectivity index (χ3n) is 5.76. The Balaban J connectivity index is 1.40. The zero-order valence-corrected chi connectivity index (χ0v) is 15.0. The van der Waals surface area contributed by atoms with Crippen molar-refractivity contribution in [3.8, 4) is 0 Å². The van der Waals surface area contributed by atoms with E-state index in [0.717, 1.165) is 51.3 Å². The molecule has 2 fully saturated rings. The Hall–Kier alpha value is -2.34. The molecule has 2 N–H and O–H groups in total. The minimum Gasteiger partial charge on any atom is -0.465 e. The van der Waals surface area contributed by atoms with Gasteiger partial charge in [-0.3, -0.25) is 4.90 Å². The predicted molar refractivity (Wildman–Crippen MR) is 103 cm³/mol. The summed E-state index contributed by atoms with van der Waals surface area (Å²) < 4.78 is 0. The Morgan fingerprint density at radius 3 is 2.73 bits per heavy atom. The van der Waals surface area contributed by atoms with Crippen molar-refractivity contribution in [1.29, 1.82) is 0 Å². The molecule has 2 atom stereocenters. The van der Waals surface area contributed by atoms with Crippen LogP contribution < -0.4 is 10.2 Å². The molecule has 1 amide bonds. The van der Waals surface area contributed by atoms with E-state index in [-0.39, 0.29) is 6.04 Å². The second-order valence-electron chi connectivity index (χ2n) is 7.35. The molecule has 1 aliphatic heterocycles. The van der Waals surface area contributed by atoms with E-state index in [4.69, 9.17) is 5.11 Å². The maximum atomic E-state index is 10.9. The SMILES string of the molecule is O=C(O)NC1CCCC(N2CCN(c3nccc4ccccc34)CC2)C1. The number of carboxylic acid groups (broad SMARTS) is 1. The van der Waals surface area contributed by atoms with Crippen LogP contribution in [0.25, 0.3) is 10.8 Å². The molecule has 6 heteroatoms. The summed E-state index contributed by atoms with van der Waals surface area (Å²) in [5.74, 6) is 1.08. The van der Waals surface area contributed by atoms with Crippen LogP contribution in [0, 0.1) is 0 Å². The fourth-order valence-corrected chi connectivity index (χ4v) is 4.46. The first kappa shape index (κ1) is 17.1. The number of rotatable bonds is 3. The van der Waals surface area contributed by atoms with E-state index in [1.165, 1.54) is 17.2 Å². The van der Waals surface area contributed by atoms with Gasteiger partial charge in [-0.15, -0.1) is 0 Å². The lowest BCUT2D eigenvalue weighted by atomic mass is 9.89. The van der Waals surface area contributed by atoms with Gasteiger partial charge in [0.2, 0.25) is 0 Å². The molecule has 2 aliphatic rings. The molecule has 0 radical (unpaired) electrons. The molecular weight excluding hydrogens is 328 g/mol. The van der Waals surface area contributed by atoms with Gasteiger partial charge in [0.15, 0.2) is 0 Å². The molecule has 1 saturated carbocycles. The molecule has 1 aromatic carbocycles. The van der Waals surface area contributed by atoms with Crippen LogP contribution in [-0.2, 0) is 0 Å². The maximum Gasteiger partial charge on any atom is 0.404 e. The van der Waals surface area contributed by atoms with Gasteiger partial charge in [0.1, 0.15) is 5.82 Å². The Kier molecular flexibility index (Phi) is 4.93. The highest BCUT2D eigenvalue weighted by molar-refractivity contribution is 5.92. The van der Waals surface area contributed by atoms with Crippen LogP contribution >= 0.6 is 0 Å². The first-order valence-electron chi connectivity index (χ1n) is 9.53. The summed E-state index contributed by atoms with van der Waals surface area (Å²) in [6, 6.07) is 11.1. The van der Waals surface area contributed by atoms with E-state index < -0.39 is 6.09 Å².